The fraction of sp³-hybridized carbons (Fsp3) is 0.400. The van der Waals surface area contributed by atoms with Gasteiger partial charge in [-0.15, -0.1) is 23.4 Å². The Kier molecular flexibility index (Phi) is 4.24. The van der Waals surface area contributed by atoms with Gasteiger partial charge in [0.15, 0.2) is 0 Å². The van der Waals surface area contributed by atoms with Gasteiger partial charge in [0.25, 0.3) is 0 Å². The molecule has 0 bridgehead atoms. The lowest BCUT2D eigenvalue weighted by atomic mass is 10.3. The summed E-state index contributed by atoms with van der Waals surface area (Å²) in [5, 5.41) is 9.17. The first-order valence-electron chi connectivity index (χ1n) is 4.26. The number of aromatic nitrogens is 1. The zero-order valence-electron chi connectivity index (χ0n) is 8.12. The molecular formula is C10H11ClN2S. The van der Waals surface area contributed by atoms with Crippen molar-refractivity contribution in [2.45, 2.75) is 24.0 Å². The molecule has 0 radical (unpaired) electrons. The third-order valence-corrected chi connectivity index (χ3v) is 3.48. The van der Waals surface area contributed by atoms with E-state index >= 15 is 0 Å². The lowest BCUT2D eigenvalue weighted by molar-refractivity contribution is 1.10. The summed E-state index contributed by atoms with van der Waals surface area (Å²) in [6, 6.07) is 4.05. The van der Waals surface area contributed by atoms with Crippen molar-refractivity contribution in [1.82, 2.24) is 4.98 Å². The van der Waals surface area contributed by atoms with Gasteiger partial charge in [0.1, 0.15) is 6.07 Å². The number of aryl methyl sites for hydroxylation is 1. The SMILES string of the molecule is Cc1cc(SC(C)CCl)c(C#N)cn1. The van der Waals surface area contributed by atoms with E-state index in [1.54, 1.807) is 18.0 Å². The van der Waals surface area contributed by atoms with Crippen LogP contribution < -0.4 is 0 Å². The predicted octanol–water partition coefficient (Wildman–Crippen LogP) is 2.98. The largest absolute Gasteiger partial charge is 0.260 e. The molecule has 1 unspecified atom stereocenters. The highest BCUT2D eigenvalue weighted by Gasteiger charge is 2.08. The Labute approximate surface area is 93.3 Å². The smallest absolute Gasteiger partial charge is 0.102 e. The van der Waals surface area contributed by atoms with Crippen molar-refractivity contribution >= 4 is 23.4 Å². The quantitative estimate of drug-likeness (QED) is 0.587. The molecule has 0 amide bonds. The number of nitriles is 1. The van der Waals surface area contributed by atoms with Crippen molar-refractivity contribution in [2.75, 3.05) is 5.88 Å². The Hall–Kier alpha value is -0.720. The van der Waals surface area contributed by atoms with Crippen LogP contribution in [0.5, 0.6) is 0 Å². The Morgan fingerprint density at radius 2 is 2.43 bits per heavy atom. The molecule has 0 N–H and O–H groups in total. The van der Waals surface area contributed by atoms with E-state index < -0.39 is 0 Å². The van der Waals surface area contributed by atoms with E-state index in [1.165, 1.54) is 0 Å². The molecule has 0 aliphatic rings. The second kappa shape index (κ2) is 5.23. The van der Waals surface area contributed by atoms with Gasteiger partial charge in [0.05, 0.1) is 5.56 Å². The molecule has 4 heteroatoms. The Morgan fingerprint density at radius 3 is 3.00 bits per heavy atom. The highest BCUT2D eigenvalue weighted by atomic mass is 35.5. The highest BCUT2D eigenvalue weighted by molar-refractivity contribution is 8.00. The molecule has 2 nitrogen and oxygen atoms in total. The average molecular weight is 227 g/mol. The molecule has 1 aromatic heterocycles. The van der Waals surface area contributed by atoms with Crippen LogP contribution in [-0.2, 0) is 0 Å². The summed E-state index contributed by atoms with van der Waals surface area (Å²) in [6.07, 6.45) is 1.61. The molecule has 0 spiro atoms. The van der Waals surface area contributed by atoms with Crippen LogP contribution in [0.4, 0.5) is 0 Å². The molecule has 74 valence electrons. The summed E-state index contributed by atoms with van der Waals surface area (Å²) in [6.45, 7) is 3.95. The van der Waals surface area contributed by atoms with Crippen LogP contribution in [0, 0.1) is 18.3 Å². The highest BCUT2D eigenvalue weighted by Crippen LogP contribution is 2.27. The van der Waals surface area contributed by atoms with Gasteiger partial charge in [-0.2, -0.15) is 5.26 Å². The molecule has 1 atom stereocenters. The normalized spacial score (nSPS) is 12.1. The summed E-state index contributed by atoms with van der Waals surface area (Å²) in [4.78, 5) is 5.04. The van der Waals surface area contributed by atoms with Crippen molar-refractivity contribution in [1.29, 1.82) is 5.26 Å². The molecule has 0 aliphatic heterocycles. The Morgan fingerprint density at radius 1 is 1.71 bits per heavy atom. The first-order valence-corrected chi connectivity index (χ1v) is 5.68. The lowest BCUT2D eigenvalue weighted by Crippen LogP contribution is -1.98. The van der Waals surface area contributed by atoms with Gasteiger partial charge in [0, 0.05) is 27.9 Å². The predicted molar refractivity (Wildman–Crippen MR) is 59.7 cm³/mol. The summed E-state index contributed by atoms with van der Waals surface area (Å²) in [5.74, 6) is 0.580. The van der Waals surface area contributed by atoms with E-state index in [2.05, 4.69) is 11.1 Å². The average Bonchev–Trinajstić information content (AvgIpc) is 2.18. The maximum absolute atomic E-state index is 8.86. The first kappa shape index (κ1) is 11.4. The number of rotatable bonds is 3. The molecule has 1 rings (SSSR count). The number of hydrogen-bond acceptors (Lipinski definition) is 3. The molecule has 1 heterocycles. The third kappa shape index (κ3) is 2.90. The Balaban J connectivity index is 2.94. The van der Waals surface area contributed by atoms with Gasteiger partial charge in [-0.1, -0.05) is 6.92 Å². The van der Waals surface area contributed by atoms with Crippen LogP contribution in [0.3, 0.4) is 0 Å². The third-order valence-electron chi connectivity index (χ3n) is 1.67. The van der Waals surface area contributed by atoms with Crippen LogP contribution in [-0.4, -0.2) is 16.1 Å². The maximum Gasteiger partial charge on any atom is 0.102 e. The number of pyridine rings is 1. The number of nitrogens with zero attached hydrogens (tertiary/aromatic N) is 2. The van der Waals surface area contributed by atoms with Crippen molar-refractivity contribution in [2.24, 2.45) is 0 Å². The second-order valence-corrected chi connectivity index (χ2v) is 4.81. The van der Waals surface area contributed by atoms with Crippen LogP contribution in [0.25, 0.3) is 0 Å². The summed E-state index contributed by atoms with van der Waals surface area (Å²) < 4.78 is 0. The van der Waals surface area contributed by atoms with Crippen LogP contribution >= 0.6 is 23.4 Å². The fourth-order valence-corrected chi connectivity index (χ4v) is 2.11. The van der Waals surface area contributed by atoms with E-state index in [1.807, 2.05) is 19.9 Å². The van der Waals surface area contributed by atoms with Crippen LogP contribution in [0.15, 0.2) is 17.2 Å². The van der Waals surface area contributed by atoms with Crippen molar-refractivity contribution in [3.05, 3.63) is 23.5 Å². The molecule has 0 aromatic carbocycles. The van der Waals surface area contributed by atoms with Gasteiger partial charge in [-0.25, -0.2) is 0 Å². The topological polar surface area (TPSA) is 36.7 Å². The van der Waals surface area contributed by atoms with Crippen molar-refractivity contribution in [3.8, 4) is 6.07 Å². The number of thioether (sulfide) groups is 1. The monoisotopic (exact) mass is 226 g/mol. The lowest BCUT2D eigenvalue weighted by Gasteiger charge is -2.08. The van der Waals surface area contributed by atoms with Gasteiger partial charge >= 0.3 is 0 Å². The molecule has 0 saturated carbocycles. The molecular weight excluding hydrogens is 216 g/mol. The van der Waals surface area contributed by atoms with Gasteiger partial charge < -0.3 is 0 Å². The van der Waals surface area contributed by atoms with Crippen LogP contribution in [0.2, 0.25) is 0 Å². The minimum Gasteiger partial charge on any atom is -0.260 e. The standard InChI is InChI=1S/C10H11ClN2S/c1-7-3-10(14-8(2)4-11)9(5-12)6-13-7/h3,6,8H,4H2,1-2H3. The van der Waals surface area contributed by atoms with Crippen LogP contribution in [0.1, 0.15) is 18.2 Å². The molecule has 0 aliphatic carbocycles. The van der Waals surface area contributed by atoms with Gasteiger partial charge in [-0.3, -0.25) is 4.98 Å². The second-order valence-electron chi connectivity index (χ2n) is 3.02. The first-order chi connectivity index (χ1) is 6.67. The number of alkyl halides is 1. The number of halogens is 1. The van der Waals surface area contributed by atoms with E-state index in [4.69, 9.17) is 16.9 Å². The van der Waals surface area contributed by atoms with Crippen molar-refractivity contribution < 1.29 is 0 Å². The summed E-state index contributed by atoms with van der Waals surface area (Å²) in [5.41, 5.74) is 1.55. The van der Waals surface area contributed by atoms with Crippen molar-refractivity contribution in [3.63, 3.8) is 0 Å². The van der Waals surface area contributed by atoms with Gasteiger partial charge in [-0.05, 0) is 13.0 Å². The number of hydrogen-bond donors (Lipinski definition) is 0. The molecule has 1 aromatic rings. The maximum atomic E-state index is 8.86. The van der Waals surface area contributed by atoms with Gasteiger partial charge in [0.2, 0.25) is 0 Å². The molecule has 0 fully saturated rings. The summed E-state index contributed by atoms with van der Waals surface area (Å²) in [7, 11) is 0. The van der Waals surface area contributed by atoms with E-state index in [0.29, 0.717) is 16.7 Å². The minimum absolute atomic E-state index is 0.311. The van der Waals surface area contributed by atoms with E-state index in [0.717, 1.165) is 10.6 Å². The summed E-state index contributed by atoms with van der Waals surface area (Å²) >= 11 is 7.33. The fourth-order valence-electron chi connectivity index (χ4n) is 0.964. The Bertz CT molecular complexity index is 360. The zero-order chi connectivity index (χ0) is 10.6. The molecule has 0 saturated heterocycles. The minimum atomic E-state index is 0.311. The van der Waals surface area contributed by atoms with E-state index in [9.17, 15) is 0 Å². The molecule has 14 heavy (non-hydrogen) atoms. The van der Waals surface area contributed by atoms with E-state index in [-0.39, 0.29) is 0 Å². The zero-order valence-corrected chi connectivity index (χ0v) is 9.69.